The van der Waals surface area contributed by atoms with Crippen molar-refractivity contribution >= 4 is 5.97 Å². The highest BCUT2D eigenvalue weighted by Crippen LogP contribution is 2.25. The second kappa shape index (κ2) is 8.34. The van der Waals surface area contributed by atoms with Crippen molar-refractivity contribution in [2.45, 2.75) is 46.0 Å². The lowest BCUT2D eigenvalue weighted by Gasteiger charge is -2.23. The highest BCUT2D eigenvalue weighted by molar-refractivity contribution is 5.66. The normalized spacial score (nSPS) is 11.4. The number of unbranched alkanes of at least 4 members (excludes halogenated alkanes) is 1. The Hall–Kier alpha value is -0.830. The maximum atomic E-state index is 10.5. The van der Waals surface area contributed by atoms with E-state index in [0.29, 0.717) is 0 Å². The van der Waals surface area contributed by atoms with Gasteiger partial charge >= 0.3 is 5.97 Å². The number of carbonyl (C=O) groups is 1. The number of hydrogen-bond donors (Lipinski definition) is 2. The molecule has 0 aliphatic carbocycles. The number of aliphatic carboxylic acids is 1. The van der Waals surface area contributed by atoms with Crippen LogP contribution < -0.4 is 5.32 Å². The van der Waals surface area contributed by atoms with Crippen LogP contribution in [0.25, 0.3) is 0 Å². The van der Waals surface area contributed by atoms with Crippen molar-refractivity contribution in [1.82, 2.24) is 5.32 Å². The SMILES string of the molecule is C=CCCCNCCC(C)(C)CCC(=O)O. The van der Waals surface area contributed by atoms with Crippen molar-refractivity contribution in [1.29, 1.82) is 0 Å². The number of carboxylic acids is 1. The molecule has 0 bridgehead atoms. The molecule has 16 heavy (non-hydrogen) atoms. The maximum absolute atomic E-state index is 10.5. The van der Waals surface area contributed by atoms with Crippen molar-refractivity contribution in [3.8, 4) is 0 Å². The van der Waals surface area contributed by atoms with E-state index >= 15 is 0 Å². The Bertz CT molecular complexity index is 212. The summed E-state index contributed by atoms with van der Waals surface area (Å²) in [6, 6.07) is 0. The Morgan fingerprint density at radius 2 is 2.06 bits per heavy atom. The van der Waals surface area contributed by atoms with E-state index in [9.17, 15) is 4.79 Å². The first-order chi connectivity index (χ1) is 7.48. The fourth-order valence-electron chi connectivity index (χ4n) is 1.49. The lowest BCUT2D eigenvalue weighted by atomic mass is 9.84. The molecule has 2 N–H and O–H groups in total. The van der Waals surface area contributed by atoms with Crippen LogP contribution in [0, 0.1) is 5.41 Å². The minimum absolute atomic E-state index is 0.115. The zero-order valence-corrected chi connectivity index (χ0v) is 10.6. The standard InChI is InChI=1S/C13H25NO2/c1-4-5-6-10-14-11-9-13(2,3)8-7-12(15)16/h4,14H,1,5-11H2,2-3H3,(H,15,16). The van der Waals surface area contributed by atoms with Crippen LogP contribution in [-0.4, -0.2) is 24.2 Å². The summed E-state index contributed by atoms with van der Waals surface area (Å²) in [7, 11) is 0. The molecule has 0 rings (SSSR count). The van der Waals surface area contributed by atoms with E-state index in [1.54, 1.807) is 0 Å². The summed E-state index contributed by atoms with van der Waals surface area (Å²) in [4.78, 5) is 10.5. The van der Waals surface area contributed by atoms with Gasteiger partial charge in [0.05, 0.1) is 0 Å². The Labute approximate surface area is 98.9 Å². The Morgan fingerprint density at radius 3 is 2.62 bits per heavy atom. The van der Waals surface area contributed by atoms with E-state index in [2.05, 4.69) is 25.7 Å². The first-order valence-corrected chi connectivity index (χ1v) is 6.01. The zero-order valence-electron chi connectivity index (χ0n) is 10.6. The Kier molecular flexibility index (Phi) is 7.90. The van der Waals surface area contributed by atoms with E-state index in [4.69, 9.17) is 5.11 Å². The van der Waals surface area contributed by atoms with Gasteiger partial charge in [0.25, 0.3) is 0 Å². The Morgan fingerprint density at radius 1 is 1.38 bits per heavy atom. The topological polar surface area (TPSA) is 49.3 Å². The molecule has 0 aliphatic heterocycles. The lowest BCUT2D eigenvalue weighted by Crippen LogP contribution is -2.23. The summed E-state index contributed by atoms with van der Waals surface area (Å²) in [5.74, 6) is -0.702. The van der Waals surface area contributed by atoms with Crippen molar-refractivity contribution in [3.63, 3.8) is 0 Å². The molecule has 0 heterocycles. The lowest BCUT2D eigenvalue weighted by molar-refractivity contribution is -0.137. The summed E-state index contributed by atoms with van der Waals surface area (Å²) in [5, 5.41) is 12.0. The van der Waals surface area contributed by atoms with Crippen molar-refractivity contribution in [2.24, 2.45) is 5.41 Å². The highest BCUT2D eigenvalue weighted by atomic mass is 16.4. The average Bonchev–Trinajstić information content (AvgIpc) is 2.21. The molecule has 3 heteroatoms. The van der Waals surface area contributed by atoms with E-state index in [0.717, 1.165) is 38.8 Å². The van der Waals surface area contributed by atoms with Crippen molar-refractivity contribution in [3.05, 3.63) is 12.7 Å². The van der Waals surface area contributed by atoms with Crippen LogP contribution in [0.15, 0.2) is 12.7 Å². The molecule has 0 aliphatic rings. The molecule has 0 atom stereocenters. The van der Waals surface area contributed by atoms with Crippen LogP contribution in [0.4, 0.5) is 0 Å². The molecule has 0 aromatic rings. The summed E-state index contributed by atoms with van der Waals surface area (Å²) in [6.45, 7) is 9.90. The van der Waals surface area contributed by atoms with E-state index in [1.165, 1.54) is 0 Å². The predicted octanol–water partition coefficient (Wildman–Crippen LogP) is 2.82. The summed E-state index contributed by atoms with van der Waals surface area (Å²) >= 11 is 0. The summed E-state index contributed by atoms with van der Waals surface area (Å²) < 4.78 is 0. The molecule has 0 spiro atoms. The fourth-order valence-corrected chi connectivity index (χ4v) is 1.49. The largest absolute Gasteiger partial charge is 0.481 e. The minimum atomic E-state index is -0.702. The van der Waals surface area contributed by atoms with Crippen molar-refractivity contribution < 1.29 is 9.90 Å². The van der Waals surface area contributed by atoms with Crippen LogP contribution in [0.2, 0.25) is 0 Å². The quantitative estimate of drug-likeness (QED) is 0.445. The van der Waals surface area contributed by atoms with Crippen LogP contribution in [-0.2, 0) is 4.79 Å². The van der Waals surface area contributed by atoms with Gasteiger partial charge in [0.2, 0.25) is 0 Å². The van der Waals surface area contributed by atoms with Crippen molar-refractivity contribution in [2.75, 3.05) is 13.1 Å². The highest BCUT2D eigenvalue weighted by Gasteiger charge is 2.18. The van der Waals surface area contributed by atoms with Gasteiger partial charge in [-0.05, 0) is 44.2 Å². The molecule has 0 saturated heterocycles. The molecular formula is C13H25NO2. The average molecular weight is 227 g/mol. The van der Waals surface area contributed by atoms with Gasteiger partial charge in [0.15, 0.2) is 0 Å². The molecular weight excluding hydrogens is 202 g/mol. The van der Waals surface area contributed by atoms with Gasteiger partial charge in [0, 0.05) is 6.42 Å². The Balaban J connectivity index is 3.49. The first-order valence-electron chi connectivity index (χ1n) is 6.01. The van der Waals surface area contributed by atoms with Gasteiger partial charge in [0.1, 0.15) is 0 Å². The van der Waals surface area contributed by atoms with E-state index < -0.39 is 5.97 Å². The number of nitrogens with one attached hydrogen (secondary N) is 1. The van der Waals surface area contributed by atoms with Gasteiger partial charge in [-0.25, -0.2) is 0 Å². The zero-order chi connectivity index (χ0) is 12.4. The summed E-state index contributed by atoms with van der Waals surface area (Å²) in [5.41, 5.74) is 0.115. The van der Waals surface area contributed by atoms with Gasteiger partial charge in [-0.3, -0.25) is 4.79 Å². The maximum Gasteiger partial charge on any atom is 0.303 e. The third-order valence-corrected chi connectivity index (χ3v) is 2.76. The molecule has 0 radical (unpaired) electrons. The van der Waals surface area contributed by atoms with Gasteiger partial charge in [-0.2, -0.15) is 0 Å². The number of rotatable bonds is 10. The van der Waals surface area contributed by atoms with Crippen LogP contribution >= 0.6 is 0 Å². The first kappa shape index (κ1) is 15.2. The van der Waals surface area contributed by atoms with E-state index in [-0.39, 0.29) is 11.8 Å². The molecule has 0 unspecified atom stereocenters. The molecule has 94 valence electrons. The van der Waals surface area contributed by atoms with Gasteiger partial charge < -0.3 is 10.4 Å². The number of carboxylic acid groups (broad SMARTS) is 1. The number of hydrogen-bond acceptors (Lipinski definition) is 2. The minimum Gasteiger partial charge on any atom is -0.481 e. The van der Waals surface area contributed by atoms with Gasteiger partial charge in [-0.15, -0.1) is 6.58 Å². The van der Waals surface area contributed by atoms with Crippen LogP contribution in [0.1, 0.15) is 46.0 Å². The smallest absolute Gasteiger partial charge is 0.303 e. The summed E-state index contributed by atoms with van der Waals surface area (Å²) in [6.07, 6.45) is 6.14. The molecule has 0 saturated carbocycles. The van der Waals surface area contributed by atoms with Gasteiger partial charge in [-0.1, -0.05) is 19.9 Å². The fraction of sp³-hybridized carbons (Fsp3) is 0.769. The molecule has 0 amide bonds. The molecule has 0 fully saturated rings. The second-order valence-corrected chi connectivity index (χ2v) is 4.99. The predicted molar refractivity (Wildman–Crippen MR) is 67.6 cm³/mol. The van der Waals surface area contributed by atoms with Crippen LogP contribution in [0.3, 0.4) is 0 Å². The van der Waals surface area contributed by atoms with Crippen LogP contribution in [0.5, 0.6) is 0 Å². The second-order valence-electron chi connectivity index (χ2n) is 4.99. The third-order valence-electron chi connectivity index (χ3n) is 2.76. The monoisotopic (exact) mass is 227 g/mol. The molecule has 0 aromatic heterocycles. The number of allylic oxidation sites excluding steroid dienone is 1. The van der Waals surface area contributed by atoms with E-state index in [1.807, 2.05) is 6.08 Å². The molecule has 0 aromatic carbocycles. The third kappa shape index (κ3) is 9.71. The molecule has 3 nitrogen and oxygen atoms in total.